The van der Waals surface area contributed by atoms with E-state index in [2.05, 4.69) is 137 Å². The lowest BCUT2D eigenvalue weighted by atomic mass is 10.0. The van der Waals surface area contributed by atoms with E-state index in [-0.39, 0.29) is 25.7 Å². The minimum Gasteiger partial charge on any atom is -0.462 e. The predicted molar refractivity (Wildman–Crippen MR) is 445 cm³/mol. The summed E-state index contributed by atoms with van der Waals surface area (Å²) in [7, 11) is -9.99. The molecule has 0 fully saturated rings. The first kappa shape index (κ1) is 103. The minimum atomic E-state index is -5.01. The summed E-state index contributed by atoms with van der Waals surface area (Å²) in [5.41, 5.74) is 0. The fourth-order valence-corrected chi connectivity index (χ4v) is 13.0. The van der Waals surface area contributed by atoms with Crippen LogP contribution >= 0.6 is 15.6 Å². The molecular weight excluding hydrogens is 1400 g/mol. The predicted octanol–water partition coefficient (Wildman–Crippen LogP) is 25.5. The first-order valence-electron chi connectivity index (χ1n) is 42.8. The third-order valence-electron chi connectivity index (χ3n) is 18.0. The number of hydrogen-bond acceptors (Lipinski definition) is 15. The zero-order valence-electron chi connectivity index (χ0n) is 68.2. The standard InChI is InChI=1S/C89H154O17P2/c1-5-9-13-17-21-25-29-33-37-39-41-43-47-50-54-58-62-66-70-74-87(92)100-80-85(106-89(94)76-72-68-64-60-56-52-48-44-42-40-38-34-30-26-22-18-14-10-6-2)82-104-108(97,98)102-78-83(90)77-101-107(95,96)103-81-84(105-88(93)75-71-67-63-59-55-51-46-36-32-28-24-20-16-12-8-4)79-99-86(91)73-69-65-61-57-53-49-45-35-31-27-23-19-15-11-7-3/h10,14,21-22,25-26,33-34,37-38,41-44,50,52,54,56,62,66,83-85,90H,5-9,11-13,15-20,23-24,27-32,35-36,39-40,45-49,51,53,55,57-61,63-65,67-82H2,1-4H3,(H,95,96)(H,97,98)/b14-10-,25-21-,26-22-,37-33-,38-34-,43-41-,44-42-,54-50-,56-52-,66-62-/t83-,84+,85+/m0/s1. The number of rotatable bonds is 80. The van der Waals surface area contributed by atoms with Crippen LogP contribution in [0.5, 0.6) is 0 Å². The zero-order chi connectivity index (χ0) is 78.9. The Labute approximate surface area is 657 Å². The number of ether oxygens (including phenoxy) is 4. The maximum atomic E-state index is 13.1. The number of hydrogen-bond donors (Lipinski definition) is 3. The Morgan fingerprint density at radius 1 is 0.269 bits per heavy atom. The number of carbonyl (C=O) groups excluding carboxylic acids is 4. The quantitative estimate of drug-likeness (QED) is 0.0169. The summed E-state index contributed by atoms with van der Waals surface area (Å²) in [6, 6.07) is 0. The van der Waals surface area contributed by atoms with Crippen molar-refractivity contribution < 1.29 is 80.2 Å². The number of phosphoric ester groups is 2. The molecule has 0 saturated carbocycles. The highest BCUT2D eigenvalue weighted by Gasteiger charge is 2.30. The number of esters is 4. The molecule has 3 N–H and O–H groups in total. The number of phosphoric acid groups is 2. The van der Waals surface area contributed by atoms with Crippen LogP contribution in [-0.4, -0.2) is 96.7 Å². The maximum Gasteiger partial charge on any atom is 0.472 e. The molecule has 17 nitrogen and oxygen atoms in total. The van der Waals surface area contributed by atoms with Crippen molar-refractivity contribution in [2.24, 2.45) is 0 Å². The van der Waals surface area contributed by atoms with Crippen LogP contribution in [0.1, 0.15) is 362 Å². The Morgan fingerprint density at radius 2 is 0.500 bits per heavy atom. The fraction of sp³-hybridized carbons (Fsp3) is 0.730. The molecule has 0 rings (SSSR count). The highest BCUT2D eigenvalue weighted by atomic mass is 31.2. The number of unbranched alkanes of at least 4 members (excludes halogenated alkanes) is 34. The van der Waals surface area contributed by atoms with E-state index >= 15 is 0 Å². The SMILES string of the molecule is CC/C=C\C/C=C\C/C=C\C/C=C\C/C=C\CCCCCC(=O)O[C@H](COC(=O)CC/C=C\C/C=C\C/C=C\C/C=C\C/C=C\CCCCC)COP(=O)(O)OC[C@@H](O)COP(=O)(O)OC[C@@H](COC(=O)CCCCCCCCCCCCCCCCC)OC(=O)CCCCCCCCCCCCCCCCC. The molecule has 0 spiro atoms. The molecule has 0 aromatic heterocycles. The van der Waals surface area contributed by atoms with Crippen molar-refractivity contribution in [3.05, 3.63) is 122 Å². The van der Waals surface area contributed by atoms with Gasteiger partial charge in [-0.05, 0) is 109 Å². The van der Waals surface area contributed by atoms with Gasteiger partial charge in [0, 0.05) is 25.7 Å². The normalized spacial score (nSPS) is 14.4. The molecule has 0 saturated heterocycles. The molecule has 5 atom stereocenters. The van der Waals surface area contributed by atoms with E-state index in [9.17, 15) is 43.2 Å². The van der Waals surface area contributed by atoms with Crippen LogP contribution in [0, 0.1) is 0 Å². The summed E-state index contributed by atoms with van der Waals surface area (Å²) < 4.78 is 68.7. The van der Waals surface area contributed by atoms with Gasteiger partial charge in [0.05, 0.1) is 26.4 Å². The van der Waals surface area contributed by atoms with Gasteiger partial charge in [-0.15, -0.1) is 0 Å². The van der Waals surface area contributed by atoms with Gasteiger partial charge in [0.1, 0.15) is 19.3 Å². The fourth-order valence-electron chi connectivity index (χ4n) is 11.5. The van der Waals surface area contributed by atoms with Crippen molar-refractivity contribution >= 4 is 39.5 Å². The molecule has 108 heavy (non-hydrogen) atoms. The molecule has 0 aromatic rings. The average Bonchev–Trinajstić information content (AvgIpc) is 0.900. The summed E-state index contributed by atoms with van der Waals surface area (Å²) >= 11 is 0. The third-order valence-corrected chi connectivity index (χ3v) is 19.9. The van der Waals surface area contributed by atoms with Gasteiger partial charge < -0.3 is 33.8 Å². The molecule has 0 aliphatic heterocycles. The lowest BCUT2D eigenvalue weighted by Gasteiger charge is -2.21. The second-order valence-electron chi connectivity index (χ2n) is 28.4. The van der Waals surface area contributed by atoms with E-state index in [1.807, 2.05) is 12.2 Å². The van der Waals surface area contributed by atoms with Gasteiger partial charge in [-0.25, -0.2) is 9.13 Å². The monoisotopic (exact) mass is 1560 g/mol. The summed E-state index contributed by atoms with van der Waals surface area (Å²) in [6.07, 6.45) is 90.3. The maximum absolute atomic E-state index is 13.1. The molecule has 0 heterocycles. The molecule has 0 aliphatic carbocycles. The minimum absolute atomic E-state index is 0.0284. The van der Waals surface area contributed by atoms with Gasteiger partial charge in [-0.3, -0.25) is 37.3 Å². The smallest absolute Gasteiger partial charge is 0.462 e. The topological polar surface area (TPSA) is 237 Å². The molecule has 0 radical (unpaired) electrons. The van der Waals surface area contributed by atoms with E-state index in [0.717, 1.165) is 122 Å². The van der Waals surface area contributed by atoms with Crippen LogP contribution in [0.4, 0.5) is 0 Å². The lowest BCUT2D eigenvalue weighted by Crippen LogP contribution is -2.30. The van der Waals surface area contributed by atoms with E-state index in [1.165, 1.54) is 154 Å². The van der Waals surface area contributed by atoms with Gasteiger partial charge in [0.15, 0.2) is 12.2 Å². The summed E-state index contributed by atoms with van der Waals surface area (Å²) in [4.78, 5) is 73.2. The van der Waals surface area contributed by atoms with Crippen LogP contribution < -0.4 is 0 Å². The Kier molecular flexibility index (Phi) is 77.1. The first-order chi connectivity index (χ1) is 52.7. The zero-order valence-corrected chi connectivity index (χ0v) is 70.0. The van der Waals surface area contributed by atoms with E-state index in [1.54, 1.807) is 0 Å². The van der Waals surface area contributed by atoms with Crippen molar-refractivity contribution in [3.63, 3.8) is 0 Å². The van der Waals surface area contributed by atoms with Gasteiger partial charge in [-0.1, -0.05) is 348 Å². The number of allylic oxidation sites excluding steroid dienone is 20. The van der Waals surface area contributed by atoms with Crippen molar-refractivity contribution in [1.29, 1.82) is 0 Å². The van der Waals surface area contributed by atoms with Crippen molar-refractivity contribution in [2.75, 3.05) is 39.6 Å². The van der Waals surface area contributed by atoms with Gasteiger partial charge in [0.2, 0.25) is 0 Å². The lowest BCUT2D eigenvalue weighted by molar-refractivity contribution is -0.161. The van der Waals surface area contributed by atoms with Gasteiger partial charge >= 0.3 is 39.5 Å². The van der Waals surface area contributed by atoms with Crippen LogP contribution in [0.3, 0.4) is 0 Å². The van der Waals surface area contributed by atoms with E-state index < -0.39 is 97.5 Å². The average molecular weight is 1560 g/mol. The van der Waals surface area contributed by atoms with Gasteiger partial charge in [0.25, 0.3) is 0 Å². The van der Waals surface area contributed by atoms with Crippen LogP contribution in [0.25, 0.3) is 0 Å². The largest absolute Gasteiger partial charge is 0.472 e. The molecule has 2 unspecified atom stereocenters. The highest BCUT2D eigenvalue weighted by Crippen LogP contribution is 2.45. The second-order valence-corrected chi connectivity index (χ2v) is 31.3. The molecule has 0 aliphatic rings. The summed E-state index contributed by atoms with van der Waals surface area (Å²) in [5, 5.41) is 10.7. The Hall–Kier alpha value is -4.54. The second kappa shape index (κ2) is 80.5. The molecule has 622 valence electrons. The van der Waals surface area contributed by atoms with Gasteiger partial charge in [-0.2, -0.15) is 0 Å². The molecular formula is C89H154O17P2. The molecule has 19 heteroatoms. The van der Waals surface area contributed by atoms with Crippen molar-refractivity contribution in [2.45, 2.75) is 380 Å². The van der Waals surface area contributed by atoms with Crippen LogP contribution in [-0.2, 0) is 65.4 Å². The number of carbonyl (C=O) groups is 4. The third kappa shape index (κ3) is 79.5. The van der Waals surface area contributed by atoms with E-state index in [0.29, 0.717) is 32.1 Å². The number of aliphatic hydroxyl groups is 1. The Balaban J connectivity index is 5.46. The van der Waals surface area contributed by atoms with Crippen LogP contribution in [0.2, 0.25) is 0 Å². The Bertz CT molecular complexity index is 2520. The molecule has 0 aromatic carbocycles. The Morgan fingerprint density at radius 3 is 0.815 bits per heavy atom. The first-order valence-corrected chi connectivity index (χ1v) is 45.8. The summed E-state index contributed by atoms with van der Waals surface area (Å²) in [5.74, 6) is -2.29. The van der Waals surface area contributed by atoms with Crippen LogP contribution in [0.15, 0.2) is 122 Å². The van der Waals surface area contributed by atoms with Crippen molar-refractivity contribution in [1.82, 2.24) is 0 Å². The van der Waals surface area contributed by atoms with E-state index in [4.69, 9.17) is 37.0 Å². The van der Waals surface area contributed by atoms with Crippen molar-refractivity contribution in [3.8, 4) is 0 Å². The number of aliphatic hydroxyl groups excluding tert-OH is 1. The summed E-state index contributed by atoms with van der Waals surface area (Å²) in [6.45, 7) is 4.68. The molecule has 0 bridgehead atoms. The highest BCUT2D eigenvalue weighted by molar-refractivity contribution is 7.47. The molecule has 0 amide bonds.